The maximum absolute atomic E-state index is 12.3. The summed E-state index contributed by atoms with van der Waals surface area (Å²) in [6, 6.07) is 4.44. The number of rotatable bonds is 7. The number of carbonyl (C=O) groups is 1. The lowest BCUT2D eigenvalue weighted by molar-refractivity contribution is -0.124. The molecule has 0 spiro atoms. The molecule has 0 radical (unpaired) electrons. The molecule has 1 aromatic rings. The van der Waals surface area contributed by atoms with Gasteiger partial charge in [-0.05, 0) is 65.1 Å². The third-order valence-electron chi connectivity index (χ3n) is 4.96. The molecule has 1 aliphatic heterocycles. The highest BCUT2D eigenvalue weighted by molar-refractivity contribution is 5.77. The molecule has 2 fully saturated rings. The van der Waals surface area contributed by atoms with Crippen molar-refractivity contribution in [2.75, 3.05) is 20.2 Å². The van der Waals surface area contributed by atoms with Crippen molar-refractivity contribution in [1.82, 2.24) is 15.2 Å². The van der Waals surface area contributed by atoms with Crippen molar-refractivity contribution in [1.29, 1.82) is 0 Å². The first-order chi connectivity index (χ1) is 11.4. The van der Waals surface area contributed by atoms with E-state index in [1.165, 1.54) is 24.8 Å². The Balaban J connectivity index is 1.51. The fourth-order valence-electron chi connectivity index (χ4n) is 3.39. The summed E-state index contributed by atoms with van der Waals surface area (Å²) in [5.74, 6) is 1.42. The van der Waals surface area contributed by atoms with Crippen LogP contribution in [0, 0.1) is 0 Å². The molecule has 132 valence electrons. The van der Waals surface area contributed by atoms with Crippen molar-refractivity contribution in [3.8, 4) is 5.88 Å². The standard InChI is InChI=1S/C19H29N3O2/c1-19(2,21-17(23)12-15-6-5-11-22(15)3)13-24-18-16(14-8-9-14)7-4-10-20-18/h4,7,10,14-15H,5-6,8-9,11-13H2,1-3H3,(H,21,23)/t15-/m1/s1. The molecule has 0 unspecified atom stereocenters. The van der Waals surface area contributed by atoms with E-state index in [0.29, 0.717) is 25.0 Å². The Kier molecular flexibility index (Phi) is 5.09. The highest BCUT2D eigenvalue weighted by Gasteiger charge is 2.30. The number of likely N-dealkylation sites (tertiary alicyclic amines) is 1. The van der Waals surface area contributed by atoms with Crippen LogP contribution in [-0.2, 0) is 4.79 Å². The molecular weight excluding hydrogens is 302 g/mol. The van der Waals surface area contributed by atoms with Gasteiger partial charge in [-0.15, -0.1) is 0 Å². The van der Waals surface area contributed by atoms with Gasteiger partial charge in [0, 0.05) is 24.2 Å². The van der Waals surface area contributed by atoms with E-state index >= 15 is 0 Å². The van der Waals surface area contributed by atoms with Crippen LogP contribution in [0.3, 0.4) is 0 Å². The van der Waals surface area contributed by atoms with Gasteiger partial charge >= 0.3 is 0 Å². The zero-order chi connectivity index (χ0) is 17.2. The Morgan fingerprint density at radius 3 is 2.88 bits per heavy atom. The zero-order valence-electron chi connectivity index (χ0n) is 15.0. The first-order valence-corrected chi connectivity index (χ1v) is 9.03. The molecule has 2 heterocycles. The van der Waals surface area contributed by atoms with E-state index in [0.717, 1.165) is 18.8 Å². The van der Waals surface area contributed by atoms with E-state index in [9.17, 15) is 4.79 Å². The lowest BCUT2D eigenvalue weighted by Crippen LogP contribution is -2.49. The van der Waals surface area contributed by atoms with Crippen molar-refractivity contribution in [2.45, 2.75) is 63.5 Å². The molecule has 5 nitrogen and oxygen atoms in total. The number of pyridine rings is 1. The number of hydrogen-bond acceptors (Lipinski definition) is 4. The monoisotopic (exact) mass is 331 g/mol. The van der Waals surface area contributed by atoms with Crippen molar-refractivity contribution < 1.29 is 9.53 Å². The topological polar surface area (TPSA) is 54.5 Å². The van der Waals surface area contributed by atoms with Crippen molar-refractivity contribution >= 4 is 5.91 Å². The van der Waals surface area contributed by atoms with E-state index in [1.807, 2.05) is 19.9 Å². The predicted octanol–water partition coefficient (Wildman–Crippen LogP) is 2.72. The number of ether oxygens (including phenoxy) is 1. The smallest absolute Gasteiger partial charge is 0.222 e. The fraction of sp³-hybridized carbons (Fsp3) is 0.684. The molecule has 2 aliphatic rings. The predicted molar refractivity (Wildman–Crippen MR) is 94.2 cm³/mol. The minimum absolute atomic E-state index is 0.103. The lowest BCUT2D eigenvalue weighted by atomic mass is 10.1. The van der Waals surface area contributed by atoms with Gasteiger partial charge in [0.2, 0.25) is 11.8 Å². The van der Waals surface area contributed by atoms with Crippen LogP contribution >= 0.6 is 0 Å². The van der Waals surface area contributed by atoms with Gasteiger partial charge in [0.1, 0.15) is 6.61 Å². The minimum atomic E-state index is -0.410. The molecule has 0 bridgehead atoms. The number of aromatic nitrogens is 1. The lowest BCUT2D eigenvalue weighted by Gasteiger charge is -2.28. The largest absolute Gasteiger partial charge is 0.475 e. The average Bonchev–Trinajstić information content (AvgIpc) is 3.30. The van der Waals surface area contributed by atoms with Crippen LogP contribution in [0.1, 0.15) is 57.4 Å². The summed E-state index contributed by atoms with van der Waals surface area (Å²) in [7, 11) is 2.10. The van der Waals surface area contributed by atoms with E-state index in [2.05, 4.69) is 28.3 Å². The number of hydrogen-bond donors (Lipinski definition) is 1. The molecule has 1 aliphatic carbocycles. The second-order valence-corrected chi connectivity index (χ2v) is 7.87. The van der Waals surface area contributed by atoms with E-state index in [1.54, 1.807) is 6.20 Å². The Morgan fingerprint density at radius 1 is 1.42 bits per heavy atom. The van der Waals surface area contributed by atoms with Crippen molar-refractivity contribution in [2.24, 2.45) is 0 Å². The maximum atomic E-state index is 12.3. The summed E-state index contributed by atoms with van der Waals surface area (Å²) in [6.45, 7) is 5.52. The number of amides is 1. The van der Waals surface area contributed by atoms with Crippen LogP contribution in [0.4, 0.5) is 0 Å². The number of nitrogens with zero attached hydrogens (tertiary/aromatic N) is 2. The Bertz CT molecular complexity index is 584. The number of carbonyl (C=O) groups excluding carboxylic acids is 1. The van der Waals surface area contributed by atoms with Gasteiger partial charge in [-0.2, -0.15) is 0 Å². The van der Waals surface area contributed by atoms with E-state index in [4.69, 9.17) is 4.74 Å². The average molecular weight is 331 g/mol. The van der Waals surface area contributed by atoms with Crippen LogP contribution in [0.15, 0.2) is 18.3 Å². The highest BCUT2D eigenvalue weighted by Crippen LogP contribution is 2.43. The van der Waals surface area contributed by atoms with Crippen LogP contribution in [-0.4, -0.2) is 47.6 Å². The fourth-order valence-corrected chi connectivity index (χ4v) is 3.39. The van der Waals surface area contributed by atoms with Crippen LogP contribution in [0.2, 0.25) is 0 Å². The van der Waals surface area contributed by atoms with Crippen LogP contribution in [0.5, 0.6) is 5.88 Å². The van der Waals surface area contributed by atoms with Gasteiger partial charge in [-0.3, -0.25) is 4.79 Å². The first-order valence-electron chi connectivity index (χ1n) is 9.03. The molecule has 1 aromatic heterocycles. The molecule has 1 saturated heterocycles. The van der Waals surface area contributed by atoms with E-state index in [-0.39, 0.29) is 5.91 Å². The third kappa shape index (κ3) is 4.47. The summed E-state index contributed by atoms with van der Waals surface area (Å²) in [5, 5.41) is 3.12. The molecular formula is C19H29N3O2. The highest BCUT2D eigenvalue weighted by atomic mass is 16.5. The normalized spacial score (nSPS) is 21.7. The molecule has 1 atom stereocenters. The van der Waals surface area contributed by atoms with Gasteiger partial charge in [-0.25, -0.2) is 4.98 Å². The number of nitrogens with one attached hydrogen (secondary N) is 1. The molecule has 1 amide bonds. The maximum Gasteiger partial charge on any atom is 0.222 e. The molecule has 1 saturated carbocycles. The molecule has 5 heteroatoms. The van der Waals surface area contributed by atoms with Gasteiger partial charge in [-0.1, -0.05) is 6.07 Å². The van der Waals surface area contributed by atoms with Crippen molar-refractivity contribution in [3.63, 3.8) is 0 Å². The summed E-state index contributed by atoms with van der Waals surface area (Å²) in [4.78, 5) is 19.0. The molecule has 0 aromatic carbocycles. The second kappa shape index (κ2) is 7.09. The zero-order valence-corrected chi connectivity index (χ0v) is 15.0. The molecule has 1 N–H and O–H groups in total. The Hall–Kier alpha value is -1.62. The van der Waals surface area contributed by atoms with Gasteiger partial charge in [0.25, 0.3) is 0 Å². The van der Waals surface area contributed by atoms with E-state index < -0.39 is 5.54 Å². The summed E-state index contributed by atoms with van der Waals surface area (Å²) < 4.78 is 5.96. The van der Waals surface area contributed by atoms with Crippen molar-refractivity contribution in [3.05, 3.63) is 23.9 Å². The Morgan fingerprint density at radius 2 is 2.21 bits per heavy atom. The van der Waals surface area contributed by atoms with Crippen LogP contribution in [0.25, 0.3) is 0 Å². The summed E-state index contributed by atoms with van der Waals surface area (Å²) >= 11 is 0. The first kappa shape index (κ1) is 17.2. The second-order valence-electron chi connectivity index (χ2n) is 7.87. The SMILES string of the molecule is CN1CCC[C@@H]1CC(=O)NC(C)(C)COc1ncccc1C1CC1. The quantitative estimate of drug-likeness (QED) is 0.835. The summed E-state index contributed by atoms with van der Waals surface area (Å²) in [5.41, 5.74) is 0.791. The van der Waals surface area contributed by atoms with Gasteiger partial charge in [0.15, 0.2) is 0 Å². The minimum Gasteiger partial charge on any atom is -0.475 e. The third-order valence-corrected chi connectivity index (χ3v) is 4.96. The van der Waals surface area contributed by atoms with Crippen LogP contribution < -0.4 is 10.1 Å². The van der Waals surface area contributed by atoms with Gasteiger partial charge < -0.3 is 15.0 Å². The molecule has 24 heavy (non-hydrogen) atoms. The Labute approximate surface area is 144 Å². The van der Waals surface area contributed by atoms with Gasteiger partial charge in [0.05, 0.1) is 5.54 Å². The molecule has 3 rings (SSSR count). The summed E-state index contributed by atoms with van der Waals surface area (Å²) in [6.07, 6.45) is 7.07.